The predicted molar refractivity (Wildman–Crippen MR) is 64.7 cm³/mol. The molecule has 0 aromatic carbocycles. The minimum atomic E-state index is 0.398. The summed E-state index contributed by atoms with van der Waals surface area (Å²) in [5, 5.41) is 3.50. The van der Waals surface area contributed by atoms with Gasteiger partial charge in [0.15, 0.2) is 0 Å². The van der Waals surface area contributed by atoms with Gasteiger partial charge in [-0.3, -0.25) is 4.90 Å². The highest BCUT2D eigenvalue weighted by Crippen LogP contribution is 2.09. The molecule has 0 heterocycles. The molecule has 0 aliphatic carbocycles. The molecule has 0 atom stereocenters. The second kappa shape index (κ2) is 6.41. The molecule has 0 saturated carbocycles. The Kier molecular flexibility index (Phi) is 6.38. The molecule has 0 aliphatic rings. The van der Waals surface area contributed by atoms with E-state index in [0.29, 0.717) is 11.5 Å². The predicted octanol–water partition coefficient (Wildman–Crippen LogP) is 2.35. The van der Waals surface area contributed by atoms with E-state index in [1.807, 2.05) is 0 Å². The van der Waals surface area contributed by atoms with Gasteiger partial charge in [0.1, 0.15) is 0 Å². The van der Waals surface area contributed by atoms with Gasteiger partial charge in [-0.15, -0.1) is 0 Å². The lowest BCUT2D eigenvalue weighted by Crippen LogP contribution is -2.38. The first kappa shape index (κ1) is 13.9. The maximum atomic E-state index is 3.50. The fourth-order valence-electron chi connectivity index (χ4n) is 1.47. The minimum Gasteiger partial charge on any atom is -0.315 e. The number of likely N-dealkylation sites (N-methyl/N-ethyl adjacent to an activating group) is 1. The largest absolute Gasteiger partial charge is 0.315 e. The van der Waals surface area contributed by atoms with Gasteiger partial charge in [0.2, 0.25) is 0 Å². The minimum absolute atomic E-state index is 0.398. The van der Waals surface area contributed by atoms with Crippen LogP contribution in [0.5, 0.6) is 0 Å². The van der Waals surface area contributed by atoms with E-state index in [0.717, 1.165) is 26.2 Å². The van der Waals surface area contributed by atoms with Crippen LogP contribution in [0.1, 0.15) is 41.5 Å². The Morgan fingerprint density at radius 1 is 1.21 bits per heavy atom. The van der Waals surface area contributed by atoms with Crippen molar-refractivity contribution in [3.05, 3.63) is 0 Å². The molecule has 14 heavy (non-hydrogen) atoms. The molecule has 0 amide bonds. The van der Waals surface area contributed by atoms with Gasteiger partial charge in [-0.2, -0.15) is 0 Å². The van der Waals surface area contributed by atoms with Crippen molar-refractivity contribution in [3.63, 3.8) is 0 Å². The van der Waals surface area contributed by atoms with Crippen LogP contribution in [-0.4, -0.2) is 37.1 Å². The zero-order valence-electron chi connectivity index (χ0n) is 10.9. The second-order valence-electron chi connectivity index (χ2n) is 5.46. The quantitative estimate of drug-likeness (QED) is 0.662. The highest BCUT2D eigenvalue weighted by atomic mass is 15.2. The molecule has 0 unspecified atom stereocenters. The van der Waals surface area contributed by atoms with Crippen molar-refractivity contribution < 1.29 is 0 Å². The van der Waals surface area contributed by atoms with Crippen molar-refractivity contribution in [2.75, 3.05) is 26.2 Å². The number of nitrogens with zero attached hydrogens (tertiary/aromatic N) is 1. The number of hydrogen-bond acceptors (Lipinski definition) is 2. The SMILES string of the molecule is CCN(CCNCC(C)(C)C)C(C)C. The van der Waals surface area contributed by atoms with E-state index < -0.39 is 0 Å². The number of nitrogens with one attached hydrogen (secondary N) is 1. The summed E-state index contributed by atoms with van der Waals surface area (Å²) in [6.45, 7) is 18.0. The van der Waals surface area contributed by atoms with E-state index in [-0.39, 0.29) is 0 Å². The Labute approximate surface area is 90.1 Å². The van der Waals surface area contributed by atoms with Crippen molar-refractivity contribution in [3.8, 4) is 0 Å². The first-order valence-electron chi connectivity index (χ1n) is 5.81. The third kappa shape index (κ3) is 7.34. The number of hydrogen-bond donors (Lipinski definition) is 1. The molecule has 2 heteroatoms. The Morgan fingerprint density at radius 3 is 2.14 bits per heavy atom. The van der Waals surface area contributed by atoms with Gasteiger partial charge in [-0.25, -0.2) is 0 Å². The zero-order valence-corrected chi connectivity index (χ0v) is 10.9. The summed E-state index contributed by atoms with van der Waals surface area (Å²) in [4.78, 5) is 2.48. The third-order valence-electron chi connectivity index (χ3n) is 2.37. The molecule has 0 bridgehead atoms. The van der Waals surface area contributed by atoms with E-state index in [9.17, 15) is 0 Å². The Hall–Kier alpha value is -0.0800. The third-order valence-corrected chi connectivity index (χ3v) is 2.37. The first-order chi connectivity index (χ1) is 6.37. The summed E-state index contributed by atoms with van der Waals surface area (Å²) < 4.78 is 0. The van der Waals surface area contributed by atoms with E-state index in [4.69, 9.17) is 0 Å². The molecule has 0 saturated heterocycles. The Morgan fingerprint density at radius 2 is 1.79 bits per heavy atom. The van der Waals surface area contributed by atoms with Crippen molar-refractivity contribution >= 4 is 0 Å². The Balaban J connectivity index is 3.52. The van der Waals surface area contributed by atoms with Gasteiger partial charge in [0.05, 0.1) is 0 Å². The second-order valence-corrected chi connectivity index (χ2v) is 5.46. The standard InChI is InChI=1S/C12H28N2/c1-7-14(11(2)3)9-8-13-10-12(4,5)6/h11,13H,7-10H2,1-6H3. The lowest BCUT2D eigenvalue weighted by atomic mass is 9.97. The zero-order chi connectivity index (χ0) is 11.2. The van der Waals surface area contributed by atoms with Crippen LogP contribution in [0.15, 0.2) is 0 Å². The normalized spacial score (nSPS) is 12.9. The van der Waals surface area contributed by atoms with Crippen LogP contribution in [0.2, 0.25) is 0 Å². The van der Waals surface area contributed by atoms with Gasteiger partial charge in [0, 0.05) is 25.7 Å². The van der Waals surface area contributed by atoms with Crippen LogP contribution in [0.3, 0.4) is 0 Å². The van der Waals surface area contributed by atoms with Crippen molar-refractivity contribution in [2.24, 2.45) is 5.41 Å². The average Bonchev–Trinajstić information content (AvgIpc) is 2.01. The monoisotopic (exact) mass is 200 g/mol. The summed E-state index contributed by atoms with van der Waals surface area (Å²) in [6, 6.07) is 0.663. The molecule has 1 N–H and O–H groups in total. The van der Waals surface area contributed by atoms with Gasteiger partial charge in [0.25, 0.3) is 0 Å². The summed E-state index contributed by atoms with van der Waals surface area (Å²) >= 11 is 0. The maximum absolute atomic E-state index is 3.50. The highest BCUT2D eigenvalue weighted by molar-refractivity contribution is 4.67. The molecule has 0 aromatic heterocycles. The summed E-state index contributed by atoms with van der Waals surface area (Å²) in [5.41, 5.74) is 0.398. The molecule has 0 spiro atoms. The molecule has 0 rings (SSSR count). The van der Waals surface area contributed by atoms with Crippen LogP contribution in [0.25, 0.3) is 0 Å². The van der Waals surface area contributed by atoms with E-state index in [2.05, 4.69) is 51.8 Å². The maximum Gasteiger partial charge on any atom is 0.0109 e. The molecule has 86 valence electrons. The van der Waals surface area contributed by atoms with Crippen molar-refractivity contribution in [1.82, 2.24) is 10.2 Å². The fraction of sp³-hybridized carbons (Fsp3) is 1.00. The van der Waals surface area contributed by atoms with Crippen LogP contribution < -0.4 is 5.32 Å². The molecular formula is C12H28N2. The van der Waals surface area contributed by atoms with Gasteiger partial charge < -0.3 is 5.32 Å². The fourth-order valence-corrected chi connectivity index (χ4v) is 1.47. The van der Waals surface area contributed by atoms with Gasteiger partial charge >= 0.3 is 0 Å². The molecule has 0 aromatic rings. The summed E-state index contributed by atoms with van der Waals surface area (Å²) in [6.07, 6.45) is 0. The number of rotatable bonds is 6. The Bertz CT molecular complexity index is 136. The van der Waals surface area contributed by atoms with Crippen molar-refractivity contribution in [2.45, 2.75) is 47.6 Å². The van der Waals surface area contributed by atoms with E-state index >= 15 is 0 Å². The first-order valence-corrected chi connectivity index (χ1v) is 5.81. The van der Waals surface area contributed by atoms with Crippen LogP contribution in [0.4, 0.5) is 0 Å². The molecule has 0 radical (unpaired) electrons. The molecule has 0 aliphatic heterocycles. The highest BCUT2D eigenvalue weighted by Gasteiger charge is 2.10. The van der Waals surface area contributed by atoms with E-state index in [1.54, 1.807) is 0 Å². The lowest BCUT2D eigenvalue weighted by molar-refractivity contribution is 0.229. The summed E-state index contributed by atoms with van der Waals surface area (Å²) in [5.74, 6) is 0. The topological polar surface area (TPSA) is 15.3 Å². The average molecular weight is 200 g/mol. The van der Waals surface area contributed by atoms with Crippen LogP contribution >= 0.6 is 0 Å². The van der Waals surface area contributed by atoms with Gasteiger partial charge in [-0.1, -0.05) is 27.7 Å². The molecule has 0 fully saturated rings. The van der Waals surface area contributed by atoms with E-state index in [1.165, 1.54) is 0 Å². The lowest BCUT2D eigenvalue weighted by Gasteiger charge is -2.26. The smallest absolute Gasteiger partial charge is 0.0109 e. The molecular weight excluding hydrogens is 172 g/mol. The van der Waals surface area contributed by atoms with Crippen LogP contribution in [-0.2, 0) is 0 Å². The molecule has 2 nitrogen and oxygen atoms in total. The van der Waals surface area contributed by atoms with Gasteiger partial charge in [-0.05, 0) is 25.8 Å². The summed E-state index contributed by atoms with van der Waals surface area (Å²) in [7, 11) is 0. The van der Waals surface area contributed by atoms with Crippen LogP contribution in [0, 0.1) is 5.41 Å². The van der Waals surface area contributed by atoms with Crippen molar-refractivity contribution in [1.29, 1.82) is 0 Å².